The van der Waals surface area contributed by atoms with Gasteiger partial charge in [-0.15, -0.1) is 0 Å². The molecule has 0 radical (unpaired) electrons. The fourth-order valence-corrected chi connectivity index (χ4v) is 0.958. The Bertz CT molecular complexity index is 169. The summed E-state index contributed by atoms with van der Waals surface area (Å²) >= 11 is 0. The second kappa shape index (κ2) is 7.58. The first-order chi connectivity index (χ1) is 6.16. The van der Waals surface area contributed by atoms with Gasteiger partial charge >= 0.3 is 6.03 Å². The van der Waals surface area contributed by atoms with Crippen LogP contribution in [0, 0.1) is 0 Å². The molecular formula is C9H18N2O2. The monoisotopic (exact) mass is 186 g/mol. The molecule has 0 unspecified atom stereocenters. The average molecular weight is 186 g/mol. The van der Waals surface area contributed by atoms with Crippen LogP contribution in [-0.2, 0) is 4.79 Å². The van der Waals surface area contributed by atoms with Crippen LogP contribution in [0.4, 0.5) is 4.79 Å². The van der Waals surface area contributed by atoms with Gasteiger partial charge in [0.15, 0.2) is 0 Å². The van der Waals surface area contributed by atoms with Crippen molar-refractivity contribution in [2.45, 2.75) is 39.5 Å². The summed E-state index contributed by atoms with van der Waals surface area (Å²) in [6, 6.07) is -0.399. The number of unbranched alkanes of at least 4 members (excludes halogenated alkanes) is 3. The van der Waals surface area contributed by atoms with Crippen LogP contribution in [0.1, 0.15) is 39.5 Å². The molecule has 13 heavy (non-hydrogen) atoms. The number of rotatable bonds is 5. The molecule has 4 nitrogen and oxygen atoms in total. The zero-order valence-corrected chi connectivity index (χ0v) is 8.35. The van der Waals surface area contributed by atoms with E-state index in [1.165, 1.54) is 19.8 Å². The highest BCUT2D eigenvalue weighted by molar-refractivity contribution is 5.92. The standard InChI is InChI=1S/C9H18N2O2/c1-3-4-5-6-7-10-9(13)11-8(2)12/h3-7H2,1-2H3,(H2,10,11,12,13). The molecule has 0 saturated carbocycles. The van der Waals surface area contributed by atoms with Crippen molar-refractivity contribution in [3.8, 4) is 0 Å². The Morgan fingerprint density at radius 2 is 1.85 bits per heavy atom. The van der Waals surface area contributed by atoms with Gasteiger partial charge in [0, 0.05) is 13.5 Å². The summed E-state index contributed by atoms with van der Waals surface area (Å²) in [5.74, 6) is -0.328. The first-order valence-corrected chi connectivity index (χ1v) is 4.72. The van der Waals surface area contributed by atoms with E-state index in [4.69, 9.17) is 0 Å². The molecule has 0 fully saturated rings. The van der Waals surface area contributed by atoms with Crippen molar-refractivity contribution >= 4 is 11.9 Å². The lowest BCUT2D eigenvalue weighted by Crippen LogP contribution is -2.38. The molecule has 0 aliphatic rings. The van der Waals surface area contributed by atoms with E-state index in [0.717, 1.165) is 12.8 Å². The van der Waals surface area contributed by atoms with Gasteiger partial charge in [0.2, 0.25) is 5.91 Å². The zero-order chi connectivity index (χ0) is 10.1. The summed E-state index contributed by atoms with van der Waals surface area (Å²) in [4.78, 5) is 21.3. The summed E-state index contributed by atoms with van der Waals surface area (Å²) in [6.07, 6.45) is 4.46. The number of urea groups is 1. The molecule has 0 bridgehead atoms. The molecule has 0 rings (SSSR count). The van der Waals surface area contributed by atoms with Gasteiger partial charge in [-0.05, 0) is 6.42 Å². The van der Waals surface area contributed by atoms with E-state index >= 15 is 0 Å². The van der Waals surface area contributed by atoms with E-state index in [1.807, 2.05) is 0 Å². The Labute approximate surface area is 79.1 Å². The molecule has 3 amide bonds. The fourth-order valence-electron chi connectivity index (χ4n) is 0.958. The number of carbonyl (C=O) groups excluding carboxylic acids is 2. The molecule has 2 N–H and O–H groups in total. The molecule has 0 heterocycles. The van der Waals surface area contributed by atoms with Crippen molar-refractivity contribution in [2.24, 2.45) is 0 Å². The topological polar surface area (TPSA) is 58.2 Å². The van der Waals surface area contributed by atoms with Crippen LogP contribution < -0.4 is 10.6 Å². The van der Waals surface area contributed by atoms with Crippen LogP contribution in [0.2, 0.25) is 0 Å². The molecule has 0 atom stereocenters. The van der Waals surface area contributed by atoms with Crippen molar-refractivity contribution < 1.29 is 9.59 Å². The highest BCUT2D eigenvalue weighted by atomic mass is 16.2. The van der Waals surface area contributed by atoms with Crippen LogP contribution in [0.3, 0.4) is 0 Å². The molecule has 0 aromatic heterocycles. The summed E-state index contributed by atoms with van der Waals surface area (Å²) in [7, 11) is 0. The van der Waals surface area contributed by atoms with Crippen molar-refractivity contribution in [1.82, 2.24) is 10.6 Å². The molecule has 0 spiro atoms. The third kappa shape index (κ3) is 8.85. The molecule has 0 aromatic carbocycles. The lowest BCUT2D eigenvalue weighted by molar-refractivity contribution is -0.117. The SMILES string of the molecule is CCCCCCNC(=O)NC(C)=O. The Morgan fingerprint density at radius 1 is 1.15 bits per heavy atom. The third-order valence-corrected chi connectivity index (χ3v) is 1.61. The minimum atomic E-state index is -0.399. The smallest absolute Gasteiger partial charge is 0.321 e. The summed E-state index contributed by atoms with van der Waals surface area (Å²) in [5.41, 5.74) is 0. The first kappa shape index (κ1) is 11.9. The van der Waals surface area contributed by atoms with Gasteiger partial charge in [-0.3, -0.25) is 10.1 Å². The second-order valence-corrected chi connectivity index (χ2v) is 3.00. The van der Waals surface area contributed by atoms with Gasteiger partial charge in [0.05, 0.1) is 0 Å². The molecule has 76 valence electrons. The van der Waals surface area contributed by atoms with E-state index in [2.05, 4.69) is 17.6 Å². The number of carbonyl (C=O) groups is 2. The molecule has 0 aliphatic heterocycles. The Kier molecular flexibility index (Phi) is 6.96. The first-order valence-electron chi connectivity index (χ1n) is 4.72. The largest absolute Gasteiger partial charge is 0.338 e. The van der Waals surface area contributed by atoms with Gasteiger partial charge in [0.1, 0.15) is 0 Å². The van der Waals surface area contributed by atoms with E-state index in [1.54, 1.807) is 0 Å². The summed E-state index contributed by atoms with van der Waals surface area (Å²) in [6.45, 7) is 4.09. The van der Waals surface area contributed by atoms with Crippen molar-refractivity contribution in [1.29, 1.82) is 0 Å². The average Bonchev–Trinajstić information content (AvgIpc) is 2.02. The number of imide groups is 1. The maximum Gasteiger partial charge on any atom is 0.321 e. The van der Waals surface area contributed by atoms with E-state index in [0.29, 0.717) is 6.54 Å². The van der Waals surface area contributed by atoms with Crippen LogP contribution in [0.15, 0.2) is 0 Å². The van der Waals surface area contributed by atoms with E-state index < -0.39 is 6.03 Å². The molecule has 0 aliphatic carbocycles. The predicted octanol–water partition coefficient (Wildman–Crippen LogP) is 1.41. The Hall–Kier alpha value is -1.06. The molecule has 4 heteroatoms. The van der Waals surface area contributed by atoms with Gasteiger partial charge in [-0.2, -0.15) is 0 Å². The van der Waals surface area contributed by atoms with Crippen LogP contribution >= 0.6 is 0 Å². The van der Waals surface area contributed by atoms with Crippen molar-refractivity contribution in [2.75, 3.05) is 6.54 Å². The van der Waals surface area contributed by atoms with Crippen molar-refractivity contribution in [3.05, 3.63) is 0 Å². The lowest BCUT2D eigenvalue weighted by Gasteiger charge is -2.03. The summed E-state index contributed by atoms with van der Waals surface area (Å²) < 4.78 is 0. The zero-order valence-electron chi connectivity index (χ0n) is 8.35. The number of amides is 3. The lowest BCUT2D eigenvalue weighted by atomic mass is 10.2. The van der Waals surface area contributed by atoms with Gasteiger partial charge in [0.25, 0.3) is 0 Å². The number of nitrogens with one attached hydrogen (secondary N) is 2. The second-order valence-electron chi connectivity index (χ2n) is 3.00. The maximum absolute atomic E-state index is 10.8. The molecular weight excluding hydrogens is 168 g/mol. The third-order valence-electron chi connectivity index (χ3n) is 1.61. The Morgan fingerprint density at radius 3 is 2.38 bits per heavy atom. The van der Waals surface area contributed by atoms with E-state index in [-0.39, 0.29) is 5.91 Å². The number of hydrogen-bond donors (Lipinski definition) is 2. The Balaban J connectivity index is 3.22. The van der Waals surface area contributed by atoms with E-state index in [9.17, 15) is 9.59 Å². The summed E-state index contributed by atoms with van der Waals surface area (Å²) in [5, 5.41) is 4.75. The van der Waals surface area contributed by atoms with Crippen LogP contribution in [0.5, 0.6) is 0 Å². The molecule has 0 saturated heterocycles. The van der Waals surface area contributed by atoms with Crippen LogP contribution in [0.25, 0.3) is 0 Å². The molecule has 0 aromatic rings. The van der Waals surface area contributed by atoms with Gasteiger partial charge < -0.3 is 5.32 Å². The predicted molar refractivity (Wildman–Crippen MR) is 51.4 cm³/mol. The normalized spacial score (nSPS) is 9.38. The van der Waals surface area contributed by atoms with Crippen LogP contribution in [-0.4, -0.2) is 18.5 Å². The quantitative estimate of drug-likeness (QED) is 0.638. The number of hydrogen-bond acceptors (Lipinski definition) is 2. The maximum atomic E-state index is 10.8. The van der Waals surface area contributed by atoms with Gasteiger partial charge in [-0.25, -0.2) is 4.79 Å². The fraction of sp³-hybridized carbons (Fsp3) is 0.778. The minimum absolute atomic E-state index is 0.328. The highest BCUT2D eigenvalue weighted by Gasteiger charge is 2.00. The highest BCUT2D eigenvalue weighted by Crippen LogP contribution is 1.96. The minimum Gasteiger partial charge on any atom is -0.338 e. The van der Waals surface area contributed by atoms with Crippen molar-refractivity contribution in [3.63, 3.8) is 0 Å². The van der Waals surface area contributed by atoms with Gasteiger partial charge in [-0.1, -0.05) is 26.2 Å².